The van der Waals surface area contributed by atoms with Crippen LogP contribution in [0.3, 0.4) is 0 Å². The van der Waals surface area contributed by atoms with Crippen LogP contribution in [0, 0.1) is 0 Å². The fourth-order valence-corrected chi connectivity index (χ4v) is 1.78. The number of hydrogen-bond donors (Lipinski definition) is 1. The molecule has 0 radical (unpaired) electrons. The maximum atomic E-state index is 8.81. The lowest BCUT2D eigenvalue weighted by Gasteiger charge is -2.06. The molecule has 0 aromatic carbocycles. The Morgan fingerprint density at radius 1 is 1.58 bits per heavy atom. The largest absolute Gasteiger partial charge is 0.396 e. The number of hydrogen-bond acceptors (Lipinski definition) is 1. The molecule has 0 aliphatic carbocycles. The first-order valence-corrected chi connectivity index (χ1v) is 4.31. The minimum Gasteiger partial charge on any atom is -0.396 e. The molecule has 0 bridgehead atoms. The monoisotopic (exact) mass is 163 g/mol. The zero-order chi connectivity index (χ0) is 8.55. The molecule has 1 aromatic rings. The van der Waals surface area contributed by atoms with Crippen LogP contribution in [0.5, 0.6) is 0 Å². The highest BCUT2D eigenvalue weighted by molar-refractivity contribution is 5.47. The summed E-state index contributed by atoms with van der Waals surface area (Å²) in [5.41, 5.74) is 2.66. The van der Waals surface area contributed by atoms with Gasteiger partial charge in [0.25, 0.3) is 0 Å². The Kier molecular flexibility index (Phi) is 1.77. The van der Waals surface area contributed by atoms with Gasteiger partial charge in [0, 0.05) is 30.6 Å². The Hall–Kier alpha value is -1.02. The van der Waals surface area contributed by atoms with E-state index in [1.807, 2.05) is 0 Å². The molecule has 1 aliphatic heterocycles. The first-order chi connectivity index (χ1) is 5.83. The van der Waals surface area contributed by atoms with Crippen LogP contribution in [-0.2, 0) is 0 Å². The second-order valence-electron chi connectivity index (χ2n) is 3.24. The maximum Gasteiger partial charge on any atom is 0.0469 e. The molecule has 2 nitrogen and oxygen atoms in total. The van der Waals surface area contributed by atoms with Crippen LogP contribution in [-0.4, -0.2) is 16.3 Å². The Balaban J connectivity index is 2.28. The maximum absolute atomic E-state index is 8.81. The second-order valence-corrected chi connectivity index (χ2v) is 3.24. The van der Waals surface area contributed by atoms with Crippen LogP contribution in [0.4, 0.5) is 0 Å². The Morgan fingerprint density at radius 2 is 2.42 bits per heavy atom. The van der Waals surface area contributed by atoms with Gasteiger partial charge in [0.1, 0.15) is 0 Å². The molecule has 1 atom stereocenters. The Morgan fingerprint density at radius 3 is 3.08 bits per heavy atom. The number of fused-ring (bicyclic) bond motifs is 1. The lowest BCUT2D eigenvalue weighted by atomic mass is 9.99. The van der Waals surface area contributed by atoms with Crippen molar-refractivity contribution in [3.05, 3.63) is 29.6 Å². The highest BCUT2D eigenvalue weighted by Gasteiger charge is 2.19. The molecule has 2 rings (SSSR count). The molecule has 0 spiro atoms. The molecule has 2 heteroatoms. The van der Waals surface area contributed by atoms with Crippen molar-refractivity contribution in [1.29, 1.82) is 0 Å². The molecule has 0 amide bonds. The van der Waals surface area contributed by atoms with Gasteiger partial charge in [-0.15, -0.1) is 0 Å². The number of rotatable bonds is 2. The first-order valence-electron chi connectivity index (χ1n) is 4.31. The number of nitrogens with zero attached hydrogens (tertiary/aromatic N) is 1. The van der Waals surface area contributed by atoms with Gasteiger partial charge < -0.3 is 9.67 Å². The summed E-state index contributed by atoms with van der Waals surface area (Å²) < 4.78 is 2.13. The van der Waals surface area contributed by atoms with Crippen LogP contribution < -0.4 is 0 Å². The van der Waals surface area contributed by atoms with E-state index in [-0.39, 0.29) is 6.61 Å². The molecule has 1 aromatic heterocycles. The van der Waals surface area contributed by atoms with Crippen molar-refractivity contribution in [3.8, 4) is 0 Å². The highest BCUT2D eigenvalue weighted by Crippen LogP contribution is 2.32. The van der Waals surface area contributed by atoms with Crippen LogP contribution in [0.15, 0.2) is 23.9 Å². The molecule has 64 valence electrons. The molecule has 0 saturated carbocycles. The fourth-order valence-electron chi connectivity index (χ4n) is 1.78. The van der Waals surface area contributed by atoms with Gasteiger partial charge in [0.15, 0.2) is 0 Å². The smallest absolute Gasteiger partial charge is 0.0469 e. The number of aromatic nitrogens is 1. The van der Waals surface area contributed by atoms with E-state index in [9.17, 15) is 0 Å². The zero-order valence-corrected chi connectivity index (χ0v) is 7.20. The summed E-state index contributed by atoms with van der Waals surface area (Å²) in [7, 11) is 0. The van der Waals surface area contributed by atoms with Gasteiger partial charge >= 0.3 is 0 Å². The van der Waals surface area contributed by atoms with Crippen molar-refractivity contribution in [2.45, 2.75) is 19.3 Å². The summed E-state index contributed by atoms with van der Waals surface area (Å²) in [6.07, 6.45) is 4.97. The van der Waals surface area contributed by atoms with Crippen molar-refractivity contribution < 1.29 is 5.11 Å². The average Bonchev–Trinajstić information content (AvgIpc) is 2.58. The van der Waals surface area contributed by atoms with Crippen LogP contribution in [0.2, 0.25) is 0 Å². The minimum atomic E-state index is 0.251. The third-order valence-electron chi connectivity index (χ3n) is 2.52. The quantitative estimate of drug-likeness (QED) is 0.707. The van der Waals surface area contributed by atoms with Gasteiger partial charge in [0.05, 0.1) is 0 Å². The van der Waals surface area contributed by atoms with E-state index in [1.165, 1.54) is 11.3 Å². The van der Waals surface area contributed by atoms with E-state index in [1.54, 1.807) is 0 Å². The summed E-state index contributed by atoms with van der Waals surface area (Å²) in [4.78, 5) is 0. The van der Waals surface area contributed by atoms with E-state index < -0.39 is 0 Å². The topological polar surface area (TPSA) is 25.2 Å². The van der Waals surface area contributed by atoms with Crippen molar-refractivity contribution in [1.82, 2.24) is 4.57 Å². The number of aliphatic hydroxyl groups excluding tert-OH is 1. The highest BCUT2D eigenvalue weighted by atomic mass is 16.2. The fraction of sp³-hybridized carbons (Fsp3) is 0.400. The first kappa shape index (κ1) is 7.62. The van der Waals surface area contributed by atoms with Gasteiger partial charge in [0.2, 0.25) is 0 Å². The molecule has 0 saturated heterocycles. The van der Waals surface area contributed by atoms with Crippen molar-refractivity contribution >= 4 is 6.20 Å². The summed E-state index contributed by atoms with van der Waals surface area (Å²) in [6.45, 7) is 2.43. The van der Waals surface area contributed by atoms with E-state index in [0.29, 0.717) is 5.92 Å². The third-order valence-corrected chi connectivity index (χ3v) is 2.52. The molecule has 0 fully saturated rings. The summed E-state index contributed by atoms with van der Waals surface area (Å²) in [5, 5.41) is 8.81. The van der Waals surface area contributed by atoms with Crippen molar-refractivity contribution in [2.24, 2.45) is 0 Å². The lowest BCUT2D eigenvalue weighted by molar-refractivity contribution is 0.297. The van der Waals surface area contributed by atoms with Crippen molar-refractivity contribution in [2.75, 3.05) is 6.61 Å². The predicted octanol–water partition coefficient (Wildman–Crippen LogP) is 1.83. The molecule has 1 aliphatic rings. The normalized spacial score (nSPS) is 20.8. The molecular formula is C10H13NO. The zero-order valence-electron chi connectivity index (χ0n) is 7.20. The molecule has 1 unspecified atom stereocenters. The average molecular weight is 163 g/mol. The molecule has 12 heavy (non-hydrogen) atoms. The predicted molar refractivity (Wildman–Crippen MR) is 48.8 cm³/mol. The van der Waals surface area contributed by atoms with Gasteiger partial charge in [-0.3, -0.25) is 0 Å². The van der Waals surface area contributed by atoms with Crippen LogP contribution in [0.25, 0.3) is 6.20 Å². The van der Waals surface area contributed by atoms with Gasteiger partial charge in [-0.1, -0.05) is 6.92 Å². The second kappa shape index (κ2) is 2.79. The molecular weight excluding hydrogens is 150 g/mol. The van der Waals surface area contributed by atoms with Crippen LogP contribution >= 0.6 is 0 Å². The van der Waals surface area contributed by atoms with E-state index in [0.717, 1.165) is 6.42 Å². The van der Waals surface area contributed by atoms with E-state index in [4.69, 9.17) is 5.11 Å². The van der Waals surface area contributed by atoms with Gasteiger partial charge in [-0.25, -0.2) is 0 Å². The summed E-state index contributed by atoms with van der Waals surface area (Å²) in [5.74, 6) is 0.479. The third kappa shape index (κ3) is 0.994. The lowest BCUT2D eigenvalue weighted by Crippen LogP contribution is -1.95. The molecule has 1 N–H and O–H groups in total. The Labute approximate surface area is 72.1 Å². The summed E-state index contributed by atoms with van der Waals surface area (Å²) in [6, 6.07) is 4.18. The van der Waals surface area contributed by atoms with E-state index >= 15 is 0 Å². The minimum absolute atomic E-state index is 0.251. The van der Waals surface area contributed by atoms with Gasteiger partial charge in [-0.2, -0.15) is 0 Å². The number of aliphatic hydroxyl groups is 1. The standard InChI is InChI=1S/C10H13NO/c1-8-9(4-6-12)7-11-5-2-3-10(8)11/h2-3,5,7-8,12H,4,6H2,1H3. The van der Waals surface area contributed by atoms with Crippen LogP contribution in [0.1, 0.15) is 25.0 Å². The van der Waals surface area contributed by atoms with Gasteiger partial charge in [-0.05, 0) is 24.1 Å². The molecule has 2 heterocycles. The summed E-state index contributed by atoms with van der Waals surface area (Å²) >= 11 is 0. The SMILES string of the molecule is CC1C(CCO)=Cn2cccc21. The van der Waals surface area contributed by atoms with Crippen molar-refractivity contribution in [3.63, 3.8) is 0 Å². The van der Waals surface area contributed by atoms with E-state index in [2.05, 4.69) is 36.0 Å². The Bertz CT molecular complexity index is 311.